The molecule has 3 nitrogen and oxygen atoms in total. The zero-order valence-electron chi connectivity index (χ0n) is 10.0. The number of nitrogens with two attached hydrogens (primary N) is 1. The monoisotopic (exact) mass is 258 g/mol. The van der Waals surface area contributed by atoms with Crippen LogP contribution in [0.5, 0.6) is 0 Å². The highest BCUT2D eigenvalue weighted by Crippen LogP contribution is 2.15. The van der Waals surface area contributed by atoms with Gasteiger partial charge in [0.1, 0.15) is 0 Å². The summed E-state index contributed by atoms with van der Waals surface area (Å²) in [7, 11) is 0. The third kappa shape index (κ3) is 2.65. The number of nitrogens with one attached hydrogen (secondary N) is 1. The fraction of sp³-hybridized carbons (Fsp3) is 0.143. The van der Waals surface area contributed by atoms with Crippen molar-refractivity contribution in [2.75, 3.05) is 0 Å². The lowest BCUT2D eigenvalue weighted by Gasteiger charge is -2.12. The minimum atomic E-state index is -0.307. The quantitative estimate of drug-likeness (QED) is 0.830. The van der Waals surface area contributed by atoms with Crippen LogP contribution in [-0.2, 0) is 0 Å². The van der Waals surface area contributed by atoms with Crippen LogP contribution in [0, 0.1) is 0 Å². The second kappa shape index (κ2) is 5.14. The second-order valence-corrected chi connectivity index (χ2v) is 4.63. The van der Waals surface area contributed by atoms with Gasteiger partial charge in [0.15, 0.2) is 0 Å². The van der Waals surface area contributed by atoms with Crippen LogP contribution < -0.4 is 11.1 Å². The Hall–Kier alpha value is -1.94. The molecule has 2 aromatic carbocycles. The van der Waals surface area contributed by atoms with E-state index in [4.69, 9.17) is 18.0 Å². The molecule has 2 aromatic rings. The van der Waals surface area contributed by atoms with Gasteiger partial charge in [-0.05, 0) is 29.8 Å². The fourth-order valence-corrected chi connectivity index (χ4v) is 1.74. The Morgan fingerprint density at radius 1 is 1.22 bits per heavy atom. The van der Waals surface area contributed by atoms with Crippen LogP contribution in [0.2, 0.25) is 0 Å². The predicted molar refractivity (Wildman–Crippen MR) is 77.7 cm³/mol. The number of carbonyl (C=O) groups is 1. The summed E-state index contributed by atoms with van der Waals surface area (Å²) in [6.07, 6.45) is 0. The van der Waals surface area contributed by atoms with Gasteiger partial charge in [-0.25, -0.2) is 0 Å². The largest absolute Gasteiger partial charge is 0.392 e. The number of amides is 1. The van der Waals surface area contributed by atoms with Crippen LogP contribution in [0.1, 0.15) is 17.3 Å². The summed E-state index contributed by atoms with van der Waals surface area (Å²) >= 11 is 4.83. The van der Waals surface area contributed by atoms with Gasteiger partial charge in [-0.15, -0.1) is 0 Å². The maximum absolute atomic E-state index is 12.0. The number of hydrogen-bond acceptors (Lipinski definition) is 2. The van der Waals surface area contributed by atoms with Crippen molar-refractivity contribution in [3.05, 3.63) is 48.0 Å². The van der Waals surface area contributed by atoms with Crippen molar-refractivity contribution in [2.24, 2.45) is 5.73 Å². The predicted octanol–water partition coefficient (Wildman–Crippen LogP) is 2.24. The van der Waals surface area contributed by atoms with Crippen LogP contribution in [0.4, 0.5) is 0 Å². The first kappa shape index (κ1) is 12.5. The molecule has 0 aliphatic carbocycles. The van der Waals surface area contributed by atoms with Gasteiger partial charge in [-0.3, -0.25) is 4.79 Å². The number of fused-ring (bicyclic) bond motifs is 1. The molecule has 3 N–H and O–H groups in total. The van der Waals surface area contributed by atoms with Gasteiger partial charge in [0.2, 0.25) is 0 Å². The highest BCUT2D eigenvalue weighted by atomic mass is 32.1. The summed E-state index contributed by atoms with van der Waals surface area (Å²) in [5, 5.41) is 4.90. The van der Waals surface area contributed by atoms with Crippen LogP contribution in [0.3, 0.4) is 0 Å². The molecule has 0 aliphatic heterocycles. The molecule has 0 fully saturated rings. The van der Waals surface area contributed by atoms with Gasteiger partial charge in [-0.1, -0.05) is 42.5 Å². The maximum Gasteiger partial charge on any atom is 0.251 e. The molecule has 1 amide bonds. The van der Waals surface area contributed by atoms with Gasteiger partial charge < -0.3 is 11.1 Å². The van der Waals surface area contributed by atoms with Crippen molar-refractivity contribution in [3.63, 3.8) is 0 Å². The van der Waals surface area contributed by atoms with Gasteiger partial charge >= 0.3 is 0 Å². The minimum Gasteiger partial charge on any atom is -0.392 e. The number of carbonyl (C=O) groups excluding carboxylic acids is 1. The van der Waals surface area contributed by atoms with E-state index in [1.807, 2.05) is 36.4 Å². The van der Waals surface area contributed by atoms with Crippen LogP contribution in [0.15, 0.2) is 42.5 Å². The standard InChI is InChI=1S/C14H14N2OS/c1-9(13(15)18)16-14(17)12-7-6-10-4-2-3-5-11(10)8-12/h2-9H,1H3,(H2,15,18)(H,16,17). The molecular weight excluding hydrogens is 244 g/mol. The molecule has 0 spiro atoms. The lowest BCUT2D eigenvalue weighted by atomic mass is 10.1. The van der Waals surface area contributed by atoms with E-state index in [2.05, 4.69) is 5.32 Å². The third-order valence-corrected chi connectivity index (χ3v) is 3.14. The summed E-state index contributed by atoms with van der Waals surface area (Å²) in [4.78, 5) is 12.3. The fourth-order valence-electron chi connectivity index (χ4n) is 1.68. The Labute approximate surface area is 111 Å². The summed E-state index contributed by atoms with van der Waals surface area (Å²) in [5.41, 5.74) is 6.08. The summed E-state index contributed by atoms with van der Waals surface area (Å²) < 4.78 is 0. The second-order valence-electron chi connectivity index (χ2n) is 4.16. The Morgan fingerprint density at radius 2 is 1.89 bits per heavy atom. The first-order valence-electron chi connectivity index (χ1n) is 5.67. The smallest absolute Gasteiger partial charge is 0.251 e. The Kier molecular flexibility index (Phi) is 3.58. The first-order valence-corrected chi connectivity index (χ1v) is 6.08. The van der Waals surface area contributed by atoms with E-state index < -0.39 is 0 Å². The van der Waals surface area contributed by atoms with Crippen molar-refractivity contribution >= 4 is 33.9 Å². The van der Waals surface area contributed by atoms with Crippen molar-refractivity contribution in [1.82, 2.24) is 5.32 Å². The van der Waals surface area contributed by atoms with E-state index in [1.54, 1.807) is 13.0 Å². The summed E-state index contributed by atoms with van der Waals surface area (Å²) in [5.74, 6) is -0.166. The van der Waals surface area contributed by atoms with E-state index in [0.29, 0.717) is 5.56 Å². The van der Waals surface area contributed by atoms with Gasteiger partial charge in [0.25, 0.3) is 5.91 Å². The molecule has 1 unspecified atom stereocenters. The Morgan fingerprint density at radius 3 is 2.56 bits per heavy atom. The van der Waals surface area contributed by atoms with E-state index in [1.165, 1.54) is 0 Å². The topological polar surface area (TPSA) is 55.1 Å². The summed E-state index contributed by atoms with van der Waals surface area (Å²) in [6, 6.07) is 13.2. The van der Waals surface area contributed by atoms with Crippen molar-refractivity contribution < 1.29 is 4.79 Å². The van der Waals surface area contributed by atoms with Crippen LogP contribution >= 0.6 is 12.2 Å². The molecule has 0 heterocycles. The van der Waals surface area contributed by atoms with E-state index in [-0.39, 0.29) is 16.9 Å². The molecule has 0 aliphatic rings. The van der Waals surface area contributed by atoms with Gasteiger partial charge in [0.05, 0.1) is 11.0 Å². The van der Waals surface area contributed by atoms with E-state index >= 15 is 0 Å². The molecule has 18 heavy (non-hydrogen) atoms. The average Bonchev–Trinajstić information content (AvgIpc) is 2.37. The highest BCUT2D eigenvalue weighted by Gasteiger charge is 2.11. The molecule has 2 rings (SSSR count). The molecule has 92 valence electrons. The number of benzene rings is 2. The Balaban J connectivity index is 2.25. The van der Waals surface area contributed by atoms with E-state index in [0.717, 1.165) is 10.8 Å². The molecule has 0 radical (unpaired) electrons. The average molecular weight is 258 g/mol. The van der Waals surface area contributed by atoms with Crippen molar-refractivity contribution in [2.45, 2.75) is 13.0 Å². The number of rotatable bonds is 3. The molecule has 0 saturated carbocycles. The van der Waals surface area contributed by atoms with Crippen LogP contribution in [-0.4, -0.2) is 16.9 Å². The van der Waals surface area contributed by atoms with Crippen LogP contribution in [0.25, 0.3) is 10.8 Å². The van der Waals surface area contributed by atoms with Gasteiger partial charge in [0, 0.05) is 5.56 Å². The van der Waals surface area contributed by atoms with Gasteiger partial charge in [-0.2, -0.15) is 0 Å². The van der Waals surface area contributed by atoms with Crippen molar-refractivity contribution in [1.29, 1.82) is 0 Å². The molecule has 0 aromatic heterocycles. The van der Waals surface area contributed by atoms with Crippen molar-refractivity contribution in [3.8, 4) is 0 Å². The number of hydrogen-bond donors (Lipinski definition) is 2. The first-order chi connectivity index (χ1) is 8.58. The molecule has 0 saturated heterocycles. The molecular formula is C14H14N2OS. The normalized spacial score (nSPS) is 12.1. The zero-order valence-corrected chi connectivity index (χ0v) is 10.8. The minimum absolute atomic E-state index is 0.166. The SMILES string of the molecule is CC(NC(=O)c1ccc2ccccc2c1)C(N)=S. The third-order valence-electron chi connectivity index (χ3n) is 2.79. The molecule has 4 heteroatoms. The van der Waals surface area contributed by atoms with E-state index in [9.17, 15) is 4.79 Å². The summed E-state index contributed by atoms with van der Waals surface area (Å²) in [6.45, 7) is 1.77. The maximum atomic E-state index is 12.0. The lowest BCUT2D eigenvalue weighted by molar-refractivity contribution is 0.0949. The number of thiocarbonyl (C=S) groups is 1. The lowest BCUT2D eigenvalue weighted by Crippen LogP contribution is -2.41. The zero-order chi connectivity index (χ0) is 13.1. The Bertz CT molecular complexity index is 610. The molecule has 0 bridgehead atoms. The highest BCUT2D eigenvalue weighted by molar-refractivity contribution is 7.80. The molecule has 1 atom stereocenters.